The number of fused-ring (bicyclic) bond motifs is 1. The van der Waals surface area contributed by atoms with Crippen molar-refractivity contribution >= 4 is 17.0 Å². The molecule has 1 aromatic carbocycles. The Morgan fingerprint density at radius 3 is 2.84 bits per heavy atom. The van der Waals surface area contributed by atoms with Gasteiger partial charge in [-0.15, -0.1) is 11.3 Å². The van der Waals surface area contributed by atoms with Gasteiger partial charge >= 0.3 is 6.18 Å². The van der Waals surface area contributed by atoms with Crippen molar-refractivity contribution in [2.75, 3.05) is 11.9 Å². The first kappa shape index (κ1) is 12.5. The number of hydrogen-bond acceptors (Lipinski definition) is 3. The summed E-state index contributed by atoms with van der Waals surface area (Å²) in [6, 6.07) is 5.72. The summed E-state index contributed by atoms with van der Waals surface area (Å²) in [6.07, 6.45) is -1.06. The zero-order valence-corrected chi connectivity index (χ0v) is 10.7. The van der Waals surface area contributed by atoms with Crippen LogP contribution in [0.3, 0.4) is 0 Å². The van der Waals surface area contributed by atoms with Crippen LogP contribution in [0.4, 0.5) is 18.9 Å². The molecule has 0 saturated carbocycles. The van der Waals surface area contributed by atoms with Crippen molar-refractivity contribution in [2.24, 2.45) is 0 Å². The molecule has 2 nitrogen and oxygen atoms in total. The zero-order chi connectivity index (χ0) is 13.5. The van der Waals surface area contributed by atoms with Crippen molar-refractivity contribution in [3.63, 3.8) is 0 Å². The molecule has 1 aromatic heterocycles. The number of nitrogens with one attached hydrogen (secondary N) is 1. The molecule has 1 aliphatic rings. The van der Waals surface area contributed by atoms with Crippen LogP contribution in [-0.2, 0) is 12.6 Å². The maximum Gasteiger partial charge on any atom is 0.443 e. The van der Waals surface area contributed by atoms with E-state index in [0.29, 0.717) is 16.2 Å². The van der Waals surface area contributed by atoms with Crippen LogP contribution in [-0.4, -0.2) is 11.5 Å². The summed E-state index contributed by atoms with van der Waals surface area (Å²) in [5.74, 6) is 0. The summed E-state index contributed by atoms with van der Waals surface area (Å²) in [5, 5.41) is 2.49. The molecular weight excluding hydrogens is 273 g/mol. The van der Waals surface area contributed by atoms with Gasteiger partial charge in [-0.3, -0.25) is 0 Å². The summed E-state index contributed by atoms with van der Waals surface area (Å²) in [4.78, 5) is 4.01. The van der Waals surface area contributed by atoms with Gasteiger partial charge in [-0.2, -0.15) is 13.2 Å². The highest BCUT2D eigenvalue weighted by Crippen LogP contribution is 2.37. The largest absolute Gasteiger partial charge is 0.443 e. The molecule has 0 atom stereocenters. The van der Waals surface area contributed by atoms with Crippen molar-refractivity contribution in [1.82, 2.24) is 4.98 Å². The standard InChI is InChI=1S/C13H11F3N2S/c14-13(15,16)12-18-7-11(19-12)9-3-4-10-8(6-9)2-1-5-17-10/h3-4,6-7,17H,1-2,5H2. The third kappa shape index (κ3) is 2.45. The molecule has 0 bridgehead atoms. The van der Waals surface area contributed by atoms with Crippen LogP contribution in [0.25, 0.3) is 10.4 Å². The van der Waals surface area contributed by atoms with E-state index in [1.807, 2.05) is 18.2 Å². The van der Waals surface area contributed by atoms with E-state index in [4.69, 9.17) is 0 Å². The number of benzene rings is 1. The second-order valence-corrected chi connectivity index (χ2v) is 5.46. The van der Waals surface area contributed by atoms with Crippen molar-refractivity contribution in [3.8, 4) is 10.4 Å². The smallest absolute Gasteiger partial charge is 0.385 e. The highest BCUT2D eigenvalue weighted by Gasteiger charge is 2.34. The molecule has 19 heavy (non-hydrogen) atoms. The minimum atomic E-state index is -4.36. The quantitative estimate of drug-likeness (QED) is 0.849. The van der Waals surface area contributed by atoms with Crippen molar-refractivity contribution in [1.29, 1.82) is 0 Å². The second kappa shape index (κ2) is 4.52. The minimum absolute atomic E-state index is 0.556. The summed E-state index contributed by atoms with van der Waals surface area (Å²) in [7, 11) is 0. The minimum Gasteiger partial charge on any atom is -0.385 e. The first-order chi connectivity index (χ1) is 9.04. The van der Waals surface area contributed by atoms with E-state index < -0.39 is 11.2 Å². The topological polar surface area (TPSA) is 24.9 Å². The van der Waals surface area contributed by atoms with Gasteiger partial charge in [0.2, 0.25) is 0 Å². The SMILES string of the molecule is FC(F)(F)c1ncc(-c2ccc3c(c2)CCCN3)s1. The Hall–Kier alpha value is -1.56. The van der Waals surface area contributed by atoms with E-state index in [0.717, 1.165) is 36.2 Å². The number of anilines is 1. The Balaban J connectivity index is 1.96. The molecule has 0 amide bonds. The zero-order valence-electron chi connectivity index (χ0n) is 9.92. The predicted molar refractivity (Wildman–Crippen MR) is 69.4 cm³/mol. The number of rotatable bonds is 1. The second-order valence-electron chi connectivity index (χ2n) is 4.43. The Labute approximate surface area is 112 Å². The summed E-state index contributed by atoms with van der Waals surface area (Å²) >= 11 is 0.687. The molecule has 3 rings (SSSR count). The lowest BCUT2D eigenvalue weighted by Gasteiger charge is -2.18. The molecule has 1 N–H and O–H groups in total. The van der Waals surface area contributed by atoms with Gasteiger partial charge in [0.05, 0.1) is 4.88 Å². The lowest BCUT2D eigenvalue weighted by Crippen LogP contribution is -2.11. The normalized spacial score (nSPS) is 14.9. The maximum absolute atomic E-state index is 12.5. The van der Waals surface area contributed by atoms with Gasteiger partial charge in [-0.05, 0) is 36.1 Å². The predicted octanol–water partition coefficient (Wildman–Crippen LogP) is 4.19. The van der Waals surface area contributed by atoms with Gasteiger partial charge in [0.15, 0.2) is 5.01 Å². The van der Waals surface area contributed by atoms with E-state index in [1.165, 1.54) is 6.20 Å². The maximum atomic E-state index is 12.5. The summed E-state index contributed by atoms with van der Waals surface area (Å²) in [5.41, 5.74) is 3.04. The molecule has 0 fully saturated rings. The molecule has 0 spiro atoms. The number of aryl methyl sites for hydroxylation is 1. The molecule has 0 unspecified atom stereocenters. The van der Waals surface area contributed by atoms with Crippen molar-refractivity contribution in [2.45, 2.75) is 19.0 Å². The Bertz CT molecular complexity index is 604. The first-order valence-corrected chi connectivity index (χ1v) is 6.76. The van der Waals surface area contributed by atoms with Gasteiger partial charge in [-0.25, -0.2) is 4.98 Å². The summed E-state index contributed by atoms with van der Waals surface area (Å²) in [6.45, 7) is 0.950. The number of nitrogens with zero attached hydrogens (tertiary/aromatic N) is 1. The third-order valence-electron chi connectivity index (χ3n) is 3.08. The van der Waals surface area contributed by atoms with E-state index in [-0.39, 0.29) is 0 Å². The fourth-order valence-electron chi connectivity index (χ4n) is 2.17. The molecule has 100 valence electrons. The monoisotopic (exact) mass is 284 g/mol. The van der Waals surface area contributed by atoms with E-state index in [2.05, 4.69) is 10.3 Å². The molecule has 2 aromatic rings. The van der Waals surface area contributed by atoms with Crippen molar-refractivity contribution in [3.05, 3.63) is 35.0 Å². The molecule has 2 heterocycles. The fourth-order valence-corrected chi connectivity index (χ4v) is 2.95. The van der Waals surface area contributed by atoms with Gasteiger partial charge in [0.25, 0.3) is 0 Å². The number of alkyl halides is 3. The van der Waals surface area contributed by atoms with Crippen molar-refractivity contribution < 1.29 is 13.2 Å². The highest BCUT2D eigenvalue weighted by atomic mass is 32.1. The van der Waals surface area contributed by atoms with Crippen LogP contribution in [0.15, 0.2) is 24.4 Å². The Morgan fingerprint density at radius 2 is 2.11 bits per heavy atom. The fraction of sp³-hybridized carbons (Fsp3) is 0.308. The van der Waals surface area contributed by atoms with Gasteiger partial charge in [0.1, 0.15) is 0 Å². The van der Waals surface area contributed by atoms with E-state index >= 15 is 0 Å². The Morgan fingerprint density at radius 1 is 1.26 bits per heavy atom. The van der Waals surface area contributed by atoms with Crippen LogP contribution >= 0.6 is 11.3 Å². The van der Waals surface area contributed by atoms with Crippen LogP contribution in [0, 0.1) is 0 Å². The van der Waals surface area contributed by atoms with Crippen LogP contribution in [0.1, 0.15) is 17.0 Å². The molecule has 0 saturated heterocycles. The molecule has 6 heteroatoms. The number of hydrogen-bond donors (Lipinski definition) is 1. The van der Waals surface area contributed by atoms with Gasteiger partial charge in [-0.1, -0.05) is 6.07 Å². The van der Waals surface area contributed by atoms with Crippen LogP contribution < -0.4 is 5.32 Å². The Kier molecular flexibility index (Phi) is 2.97. The molecule has 0 radical (unpaired) electrons. The molecule has 1 aliphatic heterocycles. The van der Waals surface area contributed by atoms with Gasteiger partial charge in [0, 0.05) is 18.4 Å². The number of thiazole rings is 1. The number of halogens is 3. The lowest BCUT2D eigenvalue weighted by atomic mass is 10.0. The van der Waals surface area contributed by atoms with E-state index in [9.17, 15) is 13.2 Å². The number of aromatic nitrogens is 1. The average molecular weight is 284 g/mol. The van der Waals surface area contributed by atoms with Crippen LogP contribution in [0.5, 0.6) is 0 Å². The highest BCUT2D eigenvalue weighted by molar-refractivity contribution is 7.15. The molecule has 0 aliphatic carbocycles. The van der Waals surface area contributed by atoms with E-state index in [1.54, 1.807) is 0 Å². The molecular formula is C13H11F3N2S. The third-order valence-corrected chi connectivity index (χ3v) is 4.17. The summed E-state index contributed by atoms with van der Waals surface area (Å²) < 4.78 is 37.6. The lowest BCUT2D eigenvalue weighted by molar-refractivity contribution is -0.137. The van der Waals surface area contributed by atoms with Gasteiger partial charge < -0.3 is 5.32 Å². The average Bonchev–Trinajstić information content (AvgIpc) is 2.87. The van der Waals surface area contributed by atoms with Crippen LogP contribution in [0.2, 0.25) is 0 Å². The first-order valence-electron chi connectivity index (χ1n) is 5.94.